The van der Waals surface area contributed by atoms with Gasteiger partial charge < -0.3 is 9.88 Å². The minimum absolute atomic E-state index is 0.0600. The van der Waals surface area contributed by atoms with E-state index in [4.69, 9.17) is 0 Å². The van der Waals surface area contributed by atoms with Crippen molar-refractivity contribution in [1.82, 2.24) is 14.9 Å². The zero-order valence-electron chi connectivity index (χ0n) is 10.7. The van der Waals surface area contributed by atoms with Crippen molar-refractivity contribution in [3.8, 4) is 0 Å². The molecule has 1 heterocycles. The molecule has 1 amide bonds. The van der Waals surface area contributed by atoms with Gasteiger partial charge in [-0.05, 0) is 12.0 Å². The SMILES string of the molecule is Cn1cncc1C(=O)NC(CBr)Cc1ccccc1. The number of amides is 1. The molecule has 0 saturated heterocycles. The topological polar surface area (TPSA) is 46.9 Å². The summed E-state index contributed by atoms with van der Waals surface area (Å²) in [7, 11) is 1.81. The minimum atomic E-state index is -0.0969. The molecule has 0 saturated carbocycles. The summed E-state index contributed by atoms with van der Waals surface area (Å²) in [5.74, 6) is -0.0969. The van der Waals surface area contributed by atoms with E-state index in [1.54, 1.807) is 17.1 Å². The van der Waals surface area contributed by atoms with Crippen LogP contribution in [0.25, 0.3) is 0 Å². The third-order valence-electron chi connectivity index (χ3n) is 2.90. The van der Waals surface area contributed by atoms with Crippen LogP contribution in [0.5, 0.6) is 0 Å². The van der Waals surface area contributed by atoms with E-state index in [9.17, 15) is 4.79 Å². The predicted molar refractivity (Wildman–Crippen MR) is 78.4 cm³/mol. The molecule has 5 heteroatoms. The van der Waals surface area contributed by atoms with E-state index in [0.717, 1.165) is 6.42 Å². The van der Waals surface area contributed by atoms with Crippen LogP contribution in [0.15, 0.2) is 42.9 Å². The fraction of sp³-hybridized carbons (Fsp3) is 0.286. The summed E-state index contributed by atoms with van der Waals surface area (Å²) in [6.45, 7) is 0. The Balaban J connectivity index is 2.00. The van der Waals surface area contributed by atoms with Crippen molar-refractivity contribution < 1.29 is 4.79 Å². The zero-order chi connectivity index (χ0) is 13.7. The van der Waals surface area contributed by atoms with Gasteiger partial charge in [-0.2, -0.15) is 0 Å². The highest BCUT2D eigenvalue weighted by Gasteiger charge is 2.15. The summed E-state index contributed by atoms with van der Waals surface area (Å²) in [6.07, 6.45) is 3.99. The summed E-state index contributed by atoms with van der Waals surface area (Å²) < 4.78 is 1.71. The molecule has 0 bridgehead atoms. The number of benzene rings is 1. The molecule has 0 spiro atoms. The van der Waals surface area contributed by atoms with Crippen LogP contribution < -0.4 is 5.32 Å². The molecule has 0 radical (unpaired) electrons. The molecule has 19 heavy (non-hydrogen) atoms. The summed E-state index contributed by atoms with van der Waals surface area (Å²) in [6, 6.07) is 10.2. The first-order valence-electron chi connectivity index (χ1n) is 6.07. The largest absolute Gasteiger partial charge is 0.347 e. The molecular weight excluding hydrogens is 306 g/mol. The smallest absolute Gasteiger partial charge is 0.269 e. The second kappa shape index (κ2) is 6.52. The first-order chi connectivity index (χ1) is 9.20. The number of aromatic nitrogens is 2. The lowest BCUT2D eigenvalue weighted by Crippen LogP contribution is -2.38. The Morgan fingerprint density at radius 2 is 2.16 bits per heavy atom. The van der Waals surface area contributed by atoms with Gasteiger partial charge in [0.2, 0.25) is 0 Å². The van der Waals surface area contributed by atoms with Gasteiger partial charge in [-0.15, -0.1) is 0 Å². The number of hydrogen-bond donors (Lipinski definition) is 1. The maximum absolute atomic E-state index is 12.1. The fourth-order valence-corrected chi connectivity index (χ4v) is 2.27. The van der Waals surface area contributed by atoms with E-state index in [0.29, 0.717) is 11.0 Å². The average Bonchev–Trinajstić information content (AvgIpc) is 2.85. The van der Waals surface area contributed by atoms with Crippen molar-refractivity contribution >= 4 is 21.8 Å². The molecule has 0 fully saturated rings. The van der Waals surface area contributed by atoms with Crippen LogP contribution in [-0.4, -0.2) is 26.8 Å². The Morgan fingerprint density at radius 3 is 2.74 bits per heavy atom. The van der Waals surface area contributed by atoms with E-state index in [1.807, 2.05) is 25.2 Å². The molecule has 1 aromatic heterocycles. The molecule has 4 nitrogen and oxygen atoms in total. The van der Waals surface area contributed by atoms with Crippen molar-refractivity contribution in [1.29, 1.82) is 0 Å². The van der Waals surface area contributed by atoms with Gasteiger partial charge in [0, 0.05) is 18.4 Å². The Labute approximate surface area is 121 Å². The van der Waals surface area contributed by atoms with Crippen LogP contribution >= 0.6 is 15.9 Å². The third kappa shape index (κ3) is 3.67. The van der Waals surface area contributed by atoms with Gasteiger partial charge in [0.25, 0.3) is 5.91 Å². The molecule has 100 valence electrons. The van der Waals surface area contributed by atoms with Gasteiger partial charge in [0.15, 0.2) is 0 Å². The minimum Gasteiger partial charge on any atom is -0.347 e. The van der Waals surface area contributed by atoms with Gasteiger partial charge in [-0.3, -0.25) is 4.79 Å². The van der Waals surface area contributed by atoms with Crippen LogP contribution in [0.1, 0.15) is 16.1 Å². The number of hydrogen-bond acceptors (Lipinski definition) is 2. The average molecular weight is 322 g/mol. The molecule has 1 aromatic carbocycles. The van der Waals surface area contributed by atoms with Crippen LogP contribution in [0.4, 0.5) is 0 Å². The number of carbonyl (C=O) groups excluding carboxylic acids is 1. The van der Waals surface area contributed by atoms with Gasteiger partial charge in [-0.1, -0.05) is 46.3 Å². The van der Waals surface area contributed by atoms with Crippen molar-refractivity contribution in [2.45, 2.75) is 12.5 Å². The molecule has 1 unspecified atom stereocenters. The van der Waals surface area contributed by atoms with Gasteiger partial charge in [0.05, 0.1) is 12.5 Å². The standard InChI is InChI=1S/C14H16BrN3O/c1-18-10-16-9-13(18)14(19)17-12(8-15)7-11-5-3-2-4-6-11/h2-6,9-10,12H,7-8H2,1H3,(H,17,19). The lowest BCUT2D eigenvalue weighted by atomic mass is 10.1. The first kappa shape index (κ1) is 13.8. The Bertz CT molecular complexity index is 539. The first-order valence-corrected chi connectivity index (χ1v) is 7.20. The van der Waals surface area contributed by atoms with Gasteiger partial charge in [0.1, 0.15) is 5.69 Å². The van der Waals surface area contributed by atoms with Crippen molar-refractivity contribution in [2.24, 2.45) is 7.05 Å². The molecule has 0 aliphatic carbocycles. The van der Waals surface area contributed by atoms with E-state index < -0.39 is 0 Å². The highest BCUT2D eigenvalue weighted by atomic mass is 79.9. The Hall–Kier alpha value is -1.62. The maximum Gasteiger partial charge on any atom is 0.269 e. The maximum atomic E-state index is 12.1. The van der Waals surface area contributed by atoms with E-state index in [2.05, 4.69) is 38.4 Å². The van der Waals surface area contributed by atoms with Crippen molar-refractivity contribution in [3.05, 3.63) is 54.1 Å². The normalized spacial score (nSPS) is 12.1. The van der Waals surface area contributed by atoms with Gasteiger partial charge >= 0.3 is 0 Å². The molecule has 1 atom stereocenters. The van der Waals surface area contributed by atoms with E-state index >= 15 is 0 Å². The van der Waals surface area contributed by atoms with Crippen LogP contribution in [-0.2, 0) is 13.5 Å². The number of aryl methyl sites for hydroxylation is 1. The number of halogens is 1. The Kier molecular flexibility index (Phi) is 4.74. The van der Waals surface area contributed by atoms with Crippen LogP contribution in [0, 0.1) is 0 Å². The second-order valence-corrected chi connectivity index (χ2v) is 5.05. The highest BCUT2D eigenvalue weighted by molar-refractivity contribution is 9.09. The number of carbonyl (C=O) groups is 1. The molecule has 0 aliphatic heterocycles. The third-order valence-corrected chi connectivity index (χ3v) is 3.68. The molecule has 1 N–H and O–H groups in total. The second-order valence-electron chi connectivity index (χ2n) is 4.40. The molecule has 0 aliphatic rings. The van der Waals surface area contributed by atoms with Crippen molar-refractivity contribution in [2.75, 3.05) is 5.33 Å². The van der Waals surface area contributed by atoms with Crippen molar-refractivity contribution in [3.63, 3.8) is 0 Å². The van der Waals surface area contributed by atoms with Crippen LogP contribution in [0.3, 0.4) is 0 Å². The van der Waals surface area contributed by atoms with E-state index in [1.165, 1.54) is 5.56 Å². The number of rotatable bonds is 5. The summed E-state index contributed by atoms with van der Waals surface area (Å²) >= 11 is 3.45. The fourth-order valence-electron chi connectivity index (χ4n) is 1.88. The number of alkyl halides is 1. The molecule has 2 rings (SSSR count). The Morgan fingerprint density at radius 1 is 1.42 bits per heavy atom. The quantitative estimate of drug-likeness (QED) is 0.858. The summed E-state index contributed by atoms with van der Waals surface area (Å²) in [4.78, 5) is 16.0. The summed E-state index contributed by atoms with van der Waals surface area (Å²) in [5, 5.41) is 3.73. The molecular formula is C14H16BrN3O. The summed E-state index contributed by atoms with van der Waals surface area (Å²) in [5.41, 5.74) is 1.77. The lowest BCUT2D eigenvalue weighted by molar-refractivity contribution is 0.0933. The lowest BCUT2D eigenvalue weighted by Gasteiger charge is -2.16. The monoisotopic (exact) mass is 321 g/mol. The highest BCUT2D eigenvalue weighted by Crippen LogP contribution is 2.06. The predicted octanol–water partition coefficient (Wildman–Crippen LogP) is 2.16. The number of nitrogens with zero attached hydrogens (tertiary/aromatic N) is 2. The zero-order valence-corrected chi connectivity index (χ0v) is 12.3. The molecule has 2 aromatic rings. The number of imidazole rings is 1. The number of nitrogens with one attached hydrogen (secondary N) is 1. The van der Waals surface area contributed by atoms with Crippen LogP contribution in [0.2, 0.25) is 0 Å². The van der Waals surface area contributed by atoms with E-state index in [-0.39, 0.29) is 11.9 Å². The van der Waals surface area contributed by atoms with Gasteiger partial charge in [-0.25, -0.2) is 4.98 Å².